The fourth-order valence-corrected chi connectivity index (χ4v) is 2.52. The number of hydrogen-bond acceptors (Lipinski definition) is 4. The van der Waals surface area contributed by atoms with Crippen molar-refractivity contribution in [3.8, 4) is 0 Å². The molecular weight excluding hydrogens is 200 g/mol. The molecule has 2 heterocycles. The van der Waals surface area contributed by atoms with E-state index in [4.69, 9.17) is 5.73 Å². The van der Waals surface area contributed by atoms with Gasteiger partial charge in [-0.1, -0.05) is 6.07 Å². The summed E-state index contributed by atoms with van der Waals surface area (Å²) in [6, 6.07) is 4.01. The first-order chi connectivity index (χ1) is 6.27. The molecule has 0 aliphatic carbocycles. The van der Waals surface area contributed by atoms with Gasteiger partial charge in [-0.3, -0.25) is 0 Å². The van der Waals surface area contributed by atoms with Gasteiger partial charge in [-0.25, -0.2) is 4.98 Å². The second-order valence-electron chi connectivity index (χ2n) is 2.78. The zero-order valence-corrected chi connectivity index (χ0v) is 8.86. The highest BCUT2D eigenvalue weighted by molar-refractivity contribution is 7.10. The van der Waals surface area contributed by atoms with Gasteiger partial charge in [-0.2, -0.15) is 0 Å². The number of rotatable bonds is 2. The van der Waals surface area contributed by atoms with Gasteiger partial charge in [0.1, 0.15) is 0 Å². The van der Waals surface area contributed by atoms with E-state index in [1.165, 1.54) is 4.88 Å². The highest BCUT2D eigenvalue weighted by Gasteiger charge is 2.12. The van der Waals surface area contributed by atoms with E-state index < -0.39 is 0 Å². The fourth-order valence-electron chi connectivity index (χ4n) is 1.14. The highest BCUT2D eigenvalue weighted by atomic mass is 32.1. The molecule has 0 saturated heterocycles. The Hall–Kier alpha value is -0.710. The molecule has 0 amide bonds. The molecule has 2 rings (SSSR count). The average molecular weight is 210 g/mol. The van der Waals surface area contributed by atoms with Crippen LogP contribution >= 0.6 is 22.7 Å². The van der Waals surface area contributed by atoms with Crippen molar-refractivity contribution in [2.45, 2.75) is 13.0 Å². The van der Waals surface area contributed by atoms with Gasteiger partial charge in [0.05, 0.1) is 16.7 Å². The number of nitrogens with two attached hydrogens (primary N) is 1. The van der Waals surface area contributed by atoms with Crippen LogP contribution in [-0.4, -0.2) is 4.98 Å². The quantitative estimate of drug-likeness (QED) is 0.827. The van der Waals surface area contributed by atoms with Gasteiger partial charge in [0.25, 0.3) is 0 Å². The molecule has 2 aromatic heterocycles. The van der Waals surface area contributed by atoms with E-state index in [0.717, 1.165) is 10.7 Å². The molecule has 0 aliphatic rings. The van der Waals surface area contributed by atoms with Gasteiger partial charge >= 0.3 is 0 Å². The van der Waals surface area contributed by atoms with Crippen LogP contribution in [0.5, 0.6) is 0 Å². The second kappa shape index (κ2) is 3.57. The Balaban J connectivity index is 2.28. The summed E-state index contributed by atoms with van der Waals surface area (Å²) in [4.78, 5) is 5.54. The largest absolute Gasteiger partial charge is 0.318 e. The first-order valence-electron chi connectivity index (χ1n) is 3.98. The van der Waals surface area contributed by atoms with E-state index >= 15 is 0 Å². The van der Waals surface area contributed by atoms with E-state index in [2.05, 4.69) is 4.98 Å². The molecule has 0 radical (unpaired) electrons. The molecular formula is C9H10N2S2. The Bertz CT molecular complexity index is 378. The number of hydrogen-bond donors (Lipinski definition) is 1. The summed E-state index contributed by atoms with van der Waals surface area (Å²) >= 11 is 3.32. The lowest BCUT2D eigenvalue weighted by Crippen LogP contribution is -2.10. The van der Waals surface area contributed by atoms with Gasteiger partial charge < -0.3 is 5.73 Å². The third-order valence-electron chi connectivity index (χ3n) is 1.81. The predicted molar refractivity (Wildman–Crippen MR) is 57.2 cm³/mol. The maximum Gasteiger partial charge on any atom is 0.0898 e. The summed E-state index contributed by atoms with van der Waals surface area (Å²) < 4.78 is 0. The van der Waals surface area contributed by atoms with Crippen LogP contribution in [-0.2, 0) is 0 Å². The van der Waals surface area contributed by atoms with E-state index in [1.54, 1.807) is 22.7 Å². The Morgan fingerprint density at radius 1 is 1.46 bits per heavy atom. The molecule has 68 valence electrons. The number of aromatic nitrogens is 1. The standard InChI is InChI=1S/C9H10N2S2/c1-6-11-7(5-13-6)9(10)8-3-2-4-12-8/h2-5,9H,10H2,1H3. The van der Waals surface area contributed by atoms with Gasteiger partial charge in [-0.05, 0) is 18.4 Å². The summed E-state index contributed by atoms with van der Waals surface area (Å²) in [6.07, 6.45) is 0. The van der Waals surface area contributed by atoms with Crippen molar-refractivity contribution in [1.82, 2.24) is 4.98 Å². The van der Waals surface area contributed by atoms with Crippen molar-refractivity contribution in [2.75, 3.05) is 0 Å². The van der Waals surface area contributed by atoms with Crippen molar-refractivity contribution >= 4 is 22.7 Å². The lowest BCUT2D eigenvalue weighted by atomic mass is 10.2. The van der Waals surface area contributed by atoms with Crippen LogP contribution in [0.15, 0.2) is 22.9 Å². The van der Waals surface area contributed by atoms with Crippen LogP contribution in [0.1, 0.15) is 21.6 Å². The maximum absolute atomic E-state index is 6.03. The van der Waals surface area contributed by atoms with Crippen molar-refractivity contribution in [1.29, 1.82) is 0 Å². The third-order valence-corrected chi connectivity index (χ3v) is 3.55. The summed E-state index contributed by atoms with van der Waals surface area (Å²) in [5.41, 5.74) is 7.01. The molecule has 0 spiro atoms. The molecule has 1 unspecified atom stereocenters. The van der Waals surface area contributed by atoms with Crippen LogP contribution < -0.4 is 5.73 Å². The lowest BCUT2D eigenvalue weighted by molar-refractivity contribution is 0.853. The van der Waals surface area contributed by atoms with Gasteiger partial charge in [0, 0.05) is 10.3 Å². The smallest absolute Gasteiger partial charge is 0.0898 e. The molecule has 0 bridgehead atoms. The van der Waals surface area contributed by atoms with Crippen molar-refractivity contribution < 1.29 is 0 Å². The Morgan fingerprint density at radius 3 is 2.85 bits per heavy atom. The Labute approximate surface area is 85.1 Å². The summed E-state index contributed by atoms with van der Waals surface area (Å²) in [5, 5.41) is 5.13. The molecule has 2 aromatic rings. The number of thiazole rings is 1. The predicted octanol–water partition coefficient (Wildman–Crippen LogP) is 2.56. The maximum atomic E-state index is 6.03. The molecule has 0 fully saturated rings. The molecule has 2 N–H and O–H groups in total. The summed E-state index contributed by atoms with van der Waals surface area (Å²) in [5.74, 6) is 0. The molecule has 13 heavy (non-hydrogen) atoms. The summed E-state index contributed by atoms with van der Waals surface area (Å²) in [7, 11) is 0. The minimum atomic E-state index is -0.0510. The van der Waals surface area contributed by atoms with Crippen molar-refractivity contribution in [3.63, 3.8) is 0 Å². The topological polar surface area (TPSA) is 38.9 Å². The van der Waals surface area contributed by atoms with Gasteiger partial charge in [0.2, 0.25) is 0 Å². The van der Waals surface area contributed by atoms with Crippen molar-refractivity contribution in [2.24, 2.45) is 5.73 Å². The molecule has 1 atom stereocenters. The molecule has 0 saturated carbocycles. The average Bonchev–Trinajstić information content (AvgIpc) is 2.72. The Morgan fingerprint density at radius 2 is 2.31 bits per heavy atom. The highest BCUT2D eigenvalue weighted by Crippen LogP contribution is 2.24. The monoisotopic (exact) mass is 210 g/mol. The van der Waals surface area contributed by atoms with Crippen LogP contribution in [0.2, 0.25) is 0 Å². The summed E-state index contributed by atoms with van der Waals surface area (Å²) in [6.45, 7) is 2.00. The van der Waals surface area contributed by atoms with E-state index in [1.807, 2.05) is 29.8 Å². The van der Waals surface area contributed by atoms with Crippen molar-refractivity contribution in [3.05, 3.63) is 38.5 Å². The first kappa shape index (κ1) is 8.87. The molecule has 4 heteroatoms. The number of aryl methyl sites for hydroxylation is 1. The fraction of sp³-hybridized carbons (Fsp3) is 0.222. The normalized spacial score (nSPS) is 13.1. The zero-order chi connectivity index (χ0) is 9.26. The first-order valence-corrected chi connectivity index (χ1v) is 5.74. The zero-order valence-electron chi connectivity index (χ0n) is 7.23. The minimum absolute atomic E-state index is 0.0510. The molecule has 2 nitrogen and oxygen atoms in total. The number of nitrogens with zero attached hydrogens (tertiary/aromatic N) is 1. The SMILES string of the molecule is Cc1nc(C(N)c2cccs2)cs1. The van der Waals surface area contributed by atoms with Crippen LogP contribution in [0, 0.1) is 6.92 Å². The second-order valence-corrected chi connectivity index (χ2v) is 4.83. The Kier molecular flexibility index (Phi) is 2.44. The van der Waals surface area contributed by atoms with Gasteiger partial charge in [0.15, 0.2) is 0 Å². The van der Waals surface area contributed by atoms with Gasteiger partial charge in [-0.15, -0.1) is 22.7 Å². The molecule has 0 aliphatic heterocycles. The lowest BCUT2D eigenvalue weighted by Gasteiger charge is -2.04. The van der Waals surface area contributed by atoms with Crippen LogP contribution in [0.4, 0.5) is 0 Å². The van der Waals surface area contributed by atoms with E-state index in [9.17, 15) is 0 Å². The third kappa shape index (κ3) is 1.80. The van der Waals surface area contributed by atoms with E-state index in [0.29, 0.717) is 0 Å². The van der Waals surface area contributed by atoms with Crippen LogP contribution in [0.3, 0.4) is 0 Å². The van der Waals surface area contributed by atoms with E-state index in [-0.39, 0.29) is 6.04 Å². The molecule has 0 aromatic carbocycles. The van der Waals surface area contributed by atoms with Crippen LogP contribution in [0.25, 0.3) is 0 Å². The minimum Gasteiger partial charge on any atom is -0.318 e. The number of thiophene rings is 1.